The molecule has 0 aliphatic rings. The van der Waals surface area contributed by atoms with Crippen molar-refractivity contribution in [3.8, 4) is 5.69 Å². The number of aromatic nitrogens is 2. The summed E-state index contributed by atoms with van der Waals surface area (Å²) in [5, 5.41) is 30.3. The Balaban J connectivity index is 1.81. The van der Waals surface area contributed by atoms with Crippen molar-refractivity contribution in [1.29, 1.82) is 0 Å². The molecule has 136 valence electrons. The van der Waals surface area contributed by atoms with E-state index in [9.17, 15) is 20.2 Å². The third-order valence-corrected chi connectivity index (χ3v) is 3.74. The highest BCUT2D eigenvalue weighted by atomic mass is 16.6. The number of nitrogens with one attached hydrogen (secondary N) is 1. The quantitative estimate of drug-likeness (QED) is 0.404. The zero-order valence-electron chi connectivity index (χ0n) is 14.1. The van der Waals surface area contributed by atoms with Crippen LogP contribution in [0.25, 0.3) is 5.69 Å². The van der Waals surface area contributed by atoms with Gasteiger partial charge in [-0.15, -0.1) is 0 Å². The molecule has 10 nitrogen and oxygen atoms in total. The predicted octanol–water partition coefficient (Wildman–Crippen LogP) is 3.44. The third kappa shape index (κ3) is 3.95. The molecule has 0 aliphatic carbocycles. The number of nitrogens with zero attached hydrogens (tertiary/aromatic N) is 5. The topological polar surface area (TPSA) is 128 Å². The molecule has 10 heteroatoms. The molecule has 3 aromatic rings. The zero-order chi connectivity index (χ0) is 19.4. The van der Waals surface area contributed by atoms with Crippen molar-refractivity contribution in [3.63, 3.8) is 0 Å². The van der Waals surface area contributed by atoms with E-state index in [4.69, 9.17) is 0 Å². The average Bonchev–Trinajstić information content (AvgIpc) is 3.03. The summed E-state index contributed by atoms with van der Waals surface area (Å²) in [5.41, 5.74) is 4.14. The Kier molecular flexibility index (Phi) is 4.88. The number of non-ortho nitro benzene ring substituents is 1. The van der Waals surface area contributed by atoms with Crippen LogP contribution >= 0.6 is 0 Å². The number of nitro groups is 2. The lowest BCUT2D eigenvalue weighted by Crippen LogP contribution is -1.98. The Morgan fingerprint density at radius 2 is 1.85 bits per heavy atom. The maximum atomic E-state index is 11.1. The minimum atomic E-state index is -0.705. The maximum Gasteiger partial charge on any atom is 0.301 e. The molecule has 27 heavy (non-hydrogen) atoms. The normalized spacial score (nSPS) is 10.9. The van der Waals surface area contributed by atoms with Gasteiger partial charge >= 0.3 is 5.69 Å². The first-order valence-electron chi connectivity index (χ1n) is 7.79. The van der Waals surface area contributed by atoms with Gasteiger partial charge in [0.2, 0.25) is 0 Å². The van der Waals surface area contributed by atoms with E-state index in [1.54, 1.807) is 10.9 Å². The van der Waals surface area contributed by atoms with Crippen molar-refractivity contribution < 1.29 is 9.85 Å². The standard InChI is InChI=1S/C17H14N6O4/c1-12-13(11-21(20-12)14-5-3-2-4-6-14)10-18-19-16-8-7-15(22(24)25)9-17(16)23(26)27/h2-11,19H,1H3/b18-10+. The van der Waals surface area contributed by atoms with Gasteiger partial charge in [0.25, 0.3) is 5.69 Å². The van der Waals surface area contributed by atoms with Crippen molar-refractivity contribution in [2.24, 2.45) is 5.10 Å². The molecular weight excluding hydrogens is 352 g/mol. The van der Waals surface area contributed by atoms with Gasteiger partial charge in [-0.3, -0.25) is 25.7 Å². The Morgan fingerprint density at radius 1 is 1.11 bits per heavy atom. The first-order valence-corrected chi connectivity index (χ1v) is 7.79. The van der Waals surface area contributed by atoms with Crippen LogP contribution in [0.5, 0.6) is 0 Å². The largest absolute Gasteiger partial charge is 0.301 e. The predicted molar refractivity (Wildman–Crippen MR) is 99.3 cm³/mol. The van der Waals surface area contributed by atoms with Crippen LogP contribution in [0.3, 0.4) is 0 Å². The fourth-order valence-corrected chi connectivity index (χ4v) is 2.36. The highest BCUT2D eigenvalue weighted by Gasteiger charge is 2.19. The Hall–Kier alpha value is -4.08. The lowest BCUT2D eigenvalue weighted by Gasteiger charge is -2.01. The van der Waals surface area contributed by atoms with E-state index in [-0.39, 0.29) is 11.4 Å². The Bertz CT molecular complexity index is 1030. The number of hydrogen-bond donors (Lipinski definition) is 1. The Labute approximate surface area is 153 Å². The van der Waals surface area contributed by atoms with E-state index in [0.29, 0.717) is 0 Å². The second-order valence-electron chi connectivity index (χ2n) is 5.54. The van der Waals surface area contributed by atoms with Gasteiger partial charge in [-0.1, -0.05) is 18.2 Å². The first kappa shape index (κ1) is 17.7. The van der Waals surface area contributed by atoms with Crippen molar-refractivity contribution in [2.45, 2.75) is 6.92 Å². The molecule has 1 N–H and O–H groups in total. The van der Waals surface area contributed by atoms with Crippen LogP contribution in [-0.4, -0.2) is 25.8 Å². The van der Waals surface area contributed by atoms with E-state index in [1.165, 1.54) is 18.3 Å². The molecule has 0 amide bonds. The molecule has 0 saturated heterocycles. The van der Waals surface area contributed by atoms with Crippen LogP contribution in [0.2, 0.25) is 0 Å². The Morgan fingerprint density at radius 3 is 2.52 bits per heavy atom. The van der Waals surface area contributed by atoms with E-state index in [2.05, 4.69) is 15.6 Å². The molecule has 3 rings (SSSR count). The smallest absolute Gasteiger partial charge is 0.272 e. The molecule has 1 heterocycles. The number of aryl methyl sites for hydroxylation is 1. The van der Waals surface area contributed by atoms with Gasteiger partial charge in [0.05, 0.1) is 33.5 Å². The fraction of sp³-hybridized carbons (Fsp3) is 0.0588. The average molecular weight is 366 g/mol. The van der Waals surface area contributed by atoms with Crippen LogP contribution in [0.4, 0.5) is 17.1 Å². The minimum Gasteiger partial charge on any atom is -0.272 e. The summed E-state index contributed by atoms with van der Waals surface area (Å²) >= 11 is 0. The number of hydrazone groups is 1. The summed E-state index contributed by atoms with van der Waals surface area (Å²) in [4.78, 5) is 20.5. The summed E-state index contributed by atoms with van der Waals surface area (Å²) in [7, 11) is 0. The number of rotatable bonds is 6. The highest BCUT2D eigenvalue weighted by Crippen LogP contribution is 2.28. The molecule has 2 aromatic carbocycles. The van der Waals surface area contributed by atoms with Gasteiger partial charge in [-0.05, 0) is 25.1 Å². The SMILES string of the molecule is Cc1nn(-c2ccccc2)cc1/C=N/Nc1ccc([N+](=O)[O-])cc1[N+](=O)[O-]. The summed E-state index contributed by atoms with van der Waals surface area (Å²) in [6.45, 7) is 1.81. The maximum absolute atomic E-state index is 11.1. The van der Waals surface area contributed by atoms with Gasteiger partial charge in [0.1, 0.15) is 5.69 Å². The molecule has 0 bridgehead atoms. The fourth-order valence-electron chi connectivity index (χ4n) is 2.36. The van der Waals surface area contributed by atoms with Crippen LogP contribution in [0, 0.1) is 27.2 Å². The lowest BCUT2D eigenvalue weighted by atomic mass is 10.2. The second-order valence-corrected chi connectivity index (χ2v) is 5.54. The first-order chi connectivity index (χ1) is 13.0. The van der Waals surface area contributed by atoms with E-state index in [1.807, 2.05) is 37.3 Å². The molecule has 0 aliphatic heterocycles. The number of anilines is 1. The minimum absolute atomic E-state index is 0.0509. The second kappa shape index (κ2) is 7.44. The van der Waals surface area contributed by atoms with Crippen molar-refractivity contribution >= 4 is 23.3 Å². The summed E-state index contributed by atoms with van der Waals surface area (Å²) in [5.74, 6) is 0. The zero-order valence-corrected chi connectivity index (χ0v) is 14.1. The highest BCUT2D eigenvalue weighted by molar-refractivity contribution is 5.81. The molecule has 0 radical (unpaired) electrons. The van der Waals surface area contributed by atoms with Crippen molar-refractivity contribution in [2.75, 3.05) is 5.43 Å². The molecule has 0 fully saturated rings. The van der Waals surface area contributed by atoms with Crippen molar-refractivity contribution in [1.82, 2.24) is 9.78 Å². The van der Waals surface area contributed by atoms with Gasteiger partial charge < -0.3 is 0 Å². The van der Waals surface area contributed by atoms with Gasteiger partial charge in [0, 0.05) is 17.8 Å². The monoisotopic (exact) mass is 366 g/mol. The molecule has 0 unspecified atom stereocenters. The number of para-hydroxylation sites is 1. The molecular formula is C17H14N6O4. The summed E-state index contributed by atoms with van der Waals surface area (Å²) in [6, 6.07) is 12.8. The number of benzene rings is 2. The van der Waals surface area contributed by atoms with Gasteiger partial charge in [-0.25, -0.2) is 4.68 Å². The molecule has 0 saturated carbocycles. The van der Waals surface area contributed by atoms with Crippen LogP contribution in [0.15, 0.2) is 59.8 Å². The van der Waals surface area contributed by atoms with Crippen LogP contribution in [-0.2, 0) is 0 Å². The molecule has 1 aromatic heterocycles. The summed E-state index contributed by atoms with van der Waals surface area (Å²) < 4.78 is 1.70. The van der Waals surface area contributed by atoms with Gasteiger partial charge in [0.15, 0.2) is 0 Å². The van der Waals surface area contributed by atoms with Gasteiger partial charge in [-0.2, -0.15) is 10.2 Å². The van der Waals surface area contributed by atoms with E-state index in [0.717, 1.165) is 23.0 Å². The number of nitro benzene ring substituents is 2. The van der Waals surface area contributed by atoms with E-state index < -0.39 is 15.5 Å². The lowest BCUT2D eigenvalue weighted by molar-refractivity contribution is -0.393. The van der Waals surface area contributed by atoms with Crippen LogP contribution < -0.4 is 5.43 Å². The van der Waals surface area contributed by atoms with Crippen LogP contribution in [0.1, 0.15) is 11.3 Å². The summed E-state index contributed by atoms with van der Waals surface area (Å²) in [6.07, 6.45) is 3.26. The van der Waals surface area contributed by atoms with E-state index >= 15 is 0 Å². The molecule has 0 atom stereocenters. The third-order valence-electron chi connectivity index (χ3n) is 3.74. The number of hydrogen-bond acceptors (Lipinski definition) is 7. The molecule has 0 spiro atoms. The van der Waals surface area contributed by atoms with Crippen molar-refractivity contribution in [3.05, 3.63) is 86.2 Å².